The smallest absolute Gasteiger partial charge is 0.321 e. The first-order chi connectivity index (χ1) is 9.72. The molecule has 0 saturated carbocycles. The van der Waals surface area contributed by atoms with Gasteiger partial charge >= 0.3 is 6.03 Å². The van der Waals surface area contributed by atoms with Crippen molar-refractivity contribution in [3.05, 3.63) is 47.9 Å². The predicted octanol–water partition coefficient (Wildman–Crippen LogP) is 1.95. The summed E-state index contributed by atoms with van der Waals surface area (Å²) in [6, 6.07) is 7.07. The molecule has 7 heteroatoms. The van der Waals surface area contributed by atoms with Crippen molar-refractivity contribution in [3.63, 3.8) is 0 Å². The van der Waals surface area contributed by atoms with Gasteiger partial charge in [0.05, 0.1) is 17.4 Å². The number of hydrogen-bond acceptors (Lipinski definition) is 4. The number of pyridine rings is 1. The van der Waals surface area contributed by atoms with Gasteiger partial charge in [-0.3, -0.25) is 5.32 Å². The highest BCUT2D eigenvalue weighted by atomic mass is 16.5. The lowest BCUT2D eigenvalue weighted by molar-refractivity contribution is 0.251. The largest absolute Gasteiger partial charge is 0.338 e. The van der Waals surface area contributed by atoms with Crippen LogP contribution in [-0.2, 0) is 6.54 Å². The molecule has 0 aliphatic carbocycles. The maximum Gasteiger partial charge on any atom is 0.321 e. The van der Waals surface area contributed by atoms with E-state index in [0.29, 0.717) is 18.1 Å². The van der Waals surface area contributed by atoms with Gasteiger partial charge in [-0.15, -0.1) is 0 Å². The molecular formula is C13H13N5O2. The maximum atomic E-state index is 11.7. The molecule has 0 aliphatic rings. The molecule has 0 spiro atoms. The fourth-order valence-corrected chi connectivity index (χ4v) is 1.88. The third-order valence-corrected chi connectivity index (χ3v) is 2.81. The van der Waals surface area contributed by atoms with Crippen molar-refractivity contribution < 1.29 is 9.32 Å². The van der Waals surface area contributed by atoms with E-state index in [1.54, 1.807) is 23.7 Å². The summed E-state index contributed by atoms with van der Waals surface area (Å²) in [7, 11) is 0. The Balaban J connectivity index is 1.63. The third-order valence-electron chi connectivity index (χ3n) is 2.81. The molecule has 3 aromatic rings. The second-order valence-electron chi connectivity index (χ2n) is 4.34. The minimum absolute atomic E-state index is 0.319. The average molecular weight is 271 g/mol. The van der Waals surface area contributed by atoms with Crippen molar-refractivity contribution in [2.24, 2.45) is 0 Å². The highest BCUT2D eigenvalue weighted by molar-refractivity contribution is 5.87. The second kappa shape index (κ2) is 5.04. The van der Waals surface area contributed by atoms with Gasteiger partial charge < -0.3 is 9.84 Å². The van der Waals surface area contributed by atoms with Gasteiger partial charge in [-0.1, -0.05) is 11.2 Å². The predicted molar refractivity (Wildman–Crippen MR) is 72.3 cm³/mol. The molecule has 0 unspecified atom stereocenters. The van der Waals surface area contributed by atoms with Crippen LogP contribution in [0.15, 0.2) is 41.2 Å². The van der Waals surface area contributed by atoms with Crippen LogP contribution in [0.5, 0.6) is 0 Å². The van der Waals surface area contributed by atoms with Crippen LogP contribution >= 0.6 is 0 Å². The normalized spacial score (nSPS) is 10.7. The van der Waals surface area contributed by atoms with Crippen molar-refractivity contribution >= 4 is 17.4 Å². The second-order valence-corrected chi connectivity index (χ2v) is 4.34. The number of nitrogens with one attached hydrogen (secondary N) is 2. The van der Waals surface area contributed by atoms with E-state index < -0.39 is 0 Å². The van der Waals surface area contributed by atoms with Crippen LogP contribution < -0.4 is 10.6 Å². The highest BCUT2D eigenvalue weighted by Crippen LogP contribution is 2.10. The minimum atomic E-state index is -0.351. The lowest BCUT2D eigenvalue weighted by atomic mass is 10.2. The van der Waals surface area contributed by atoms with Crippen molar-refractivity contribution in [1.29, 1.82) is 0 Å². The molecular weight excluding hydrogens is 258 g/mol. The monoisotopic (exact) mass is 271 g/mol. The molecule has 0 aromatic carbocycles. The SMILES string of the molecule is Cc1cc(NC(=O)NCc2cnn3ccccc23)on1. The molecule has 7 nitrogen and oxygen atoms in total. The summed E-state index contributed by atoms with van der Waals surface area (Å²) >= 11 is 0. The van der Waals surface area contributed by atoms with Gasteiger partial charge in [0.15, 0.2) is 0 Å². The Labute approximate surface area is 114 Å². The fourth-order valence-electron chi connectivity index (χ4n) is 1.88. The van der Waals surface area contributed by atoms with E-state index >= 15 is 0 Å². The fraction of sp³-hybridized carbons (Fsp3) is 0.154. The van der Waals surface area contributed by atoms with Crippen LogP contribution in [0, 0.1) is 6.92 Å². The highest BCUT2D eigenvalue weighted by Gasteiger charge is 2.08. The minimum Gasteiger partial charge on any atom is -0.338 e. The number of nitrogens with zero attached hydrogens (tertiary/aromatic N) is 3. The zero-order chi connectivity index (χ0) is 13.9. The van der Waals surface area contributed by atoms with Crippen molar-refractivity contribution in [1.82, 2.24) is 20.1 Å². The lowest BCUT2D eigenvalue weighted by Gasteiger charge is -2.03. The number of anilines is 1. The first-order valence-corrected chi connectivity index (χ1v) is 6.12. The molecule has 0 radical (unpaired) electrons. The molecule has 0 saturated heterocycles. The van der Waals surface area contributed by atoms with E-state index in [0.717, 1.165) is 11.1 Å². The molecule has 20 heavy (non-hydrogen) atoms. The summed E-state index contributed by atoms with van der Waals surface area (Å²) in [6.45, 7) is 2.16. The summed E-state index contributed by atoms with van der Waals surface area (Å²) < 4.78 is 6.66. The van der Waals surface area contributed by atoms with Crippen LogP contribution in [0.2, 0.25) is 0 Å². The zero-order valence-corrected chi connectivity index (χ0v) is 10.8. The van der Waals surface area contributed by atoms with E-state index in [4.69, 9.17) is 4.52 Å². The number of urea groups is 1. The Morgan fingerprint density at radius 2 is 2.35 bits per heavy atom. The molecule has 3 aromatic heterocycles. The number of carbonyl (C=O) groups is 1. The van der Waals surface area contributed by atoms with E-state index in [2.05, 4.69) is 20.9 Å². The first kappa shape index (κ1) is 12.2. The van der Waals surface area contributed by atoms with Gasteiger partial charge in [-0.25, -0.2) is 9.31 Å². The summed E-state index contributed by atoms with van der Waals surface area (Å²) in [4.78, 5) is 11.7. The van der Waals surface area contributed by atoms with E-state index in [1.807, 2.05) is 24.4 Å². The number of hydrogen-bond donors (Lipinski definition) is 2. The summed E-state index contributed by atoms with van der Waals surface area (Å²) in [6.07, 6.45) is 3.59. The van der Waals surface area contributed by atoms with Crippen LogP contribution in [0.1, 0.15) is 11.3 Å². The Hall–Kier alpha value is -2.83. The Bertz CT molecular complexity index is 746. The van der Waals surface area contributed by atoms with Gasteiger partial charge in [-0.05, 0) is 19.1 Å². The summed E-state index contributed by atoms with van der Waals surface area (Å²) in [5.74, 6) is 0.319. The lowest BCUT2D eigenvalue weighted by Crippen LogP contribution is -2.27. The van der Waals surface area contributed by atoms with Gasteiger partial charge in [0.2, 0.25) is 5.88 Å². The van der Waals surface area contributed by atoms with E-state index in [-0.39, 0.29) is 6.03 Å². The molecule has 2 amide bonds. The quantitative estimate of drug-likeness (QED) is 0.762. The molecule has 0 bridgehead atoms. The molecule has 0 fully saturated rings. The Morgan fingerprint density at radius 1 is 1.45 bits per heavy atom. The number of amides is 2. The van der Waals surface area contributed by atoms with Gasteiger partial charge in [0, 0.05) is 24.4 Å². The number of rotatable bonds is 3. The Morgan fingerprint density at radius 3 is 3.15 bits per heavy atom. The molecule has 3 heterocycles. The molecule has 0 aliphatic heterocycles. The van der Waals surface area contributed by atoms with Crippen molar-refractivity contribution in [2.75, 3.05) is 5.32 Å². The van der Waals surface area contributed by atoms with Crippen LogP contribution in [-0.4, -0.2) is 20.8 Å². The Kier molecular flexibility index (Phi) is 3.08. The van der Waals surface area contributed by atoms with Crippen LogP contribution in [0.25, 0.3) is 5.52 Å². The molecule has 2 N–H and O–H groups in total. The summed E-state index contributed by atoms with van der Waals surface area (Å²) in [5.41, 5.74) is 2.61. The van der Waals surface area contributed by atoms with Crippen molar-refractivity contribution in [3.8, 4) is 0 Å². The molecule has 0 atom stereocenters. The third kappa shape index (κ3) is 2.46. The zero-order valence-electron chi connectivity index (χ0n) is 10.8. The topological polar surface area (TPSA) is 84.5 Å². The van der Waals surface area contributed by atoms with Gasteiger partial charge in [0.25, 0.3) is 0 Å². The average Bonchev–Trinajstić information content (AvgIpc) is 3.03. The van der Waals surface area contributed by atoms with Crippen LogP contribution in [0.3, 0.4) is 0 Å². The van der Waals surface area contributed by atoms with Gasteiger partial charge in [-0.2, -0.15) is 5.10 Å². The van der Waals surface area contributed by atoms with Crippen LogP contribution in [0.4, 0.5) is 10.7 Å². The first-order valence-electron chi connectivity index (χ1n) is 6.12. The number of aryl methyl sites for hydroxylation is 1. The van der Waals surface area contributed by atoms with E-state index in [9.17, 15) is 4.79 Å². The number of carbonyl (C=O) groups excluding carboxylic acids is 1. The molecule has 3 rings (SSSR count). The van der Waals surface area contributed by atoms with E-state index in [1.165, 1.54) is 0 Å². The van der Waals surface area contributed by atoms with Crippen molar-refractivity contribution in [2.45, 2.75) is 13.5 Å². The maximum absolute atomic E-state index is 11.7. The number of fused-ring (bicyclic) bond motifs is 1. The molecule has 102 valence electrons. The standard InChI is InChI=1S/C13H13N5O2/c1-9-6-12(20-17-9)16-13(19)14-7-10-8-15-18-5-3-2-4-11(10)18/h2-6,8H,7H2,1H3,(H2,14,16,19). The summed E-state index contributed by atoms with van der Waals surface area (Å²) in [5, 5.41) is 13.2. The van der Waals surface area contributed by atoms with Gasteiger partial charge in [0.1, 0.15) is 0 Å². The number of aromatic nitrogens is 3.